The molecule has 1 aliphatic rings. The number of benzene rings is 1. The average molecular weight is 212 g/mol. The molecule has 0 bridgehead atoms. The van der Waals surface area contributed by atoms with E-state index in [2.05, 4.69) is 62.4 Å². The van der Waals surface area contributed by atoms with E-state index in [4.69, 9.17) is 0 Å². The molecule has 0 amide bonds. The Morgan fingerprint density at radius 3 is 2.38 bits per heavy atom. The van der Waals surface area contributed by atoms with E-state index >= 15 is 0 Å². The van der Waals surface area contributed by atoms with Gasteiger partial charge in [0, 0.05) is 0 Å². The van der Waals surface area contributed by atoms with Gasteiger partial charge in [0.25, 0.3) is 0 Å². The van der Waals surface area contributed by atoms with Gasteiger partial charge < -0.3 is 0 Å². The maximum atomic E-state index is 2.39. The van der Waals surface area contributed by atoms with Crippen LogP contribution < -0.4 is 0 Å². The first-order valence-corrected chi connectivity index (χ1v) is 6.23. The van der Waals surface area contributed by atoms with Crippen LogP contribution in [-0.4, -0.2) is 0 Å². The van der Waals surface area contributed by atoms with Gasteiger partial charge in [-0.25, -0.2) is 0 Å². The lowest BCUT2D eigenvalue weighted by atomic mass is 9.73. The van der Waals surface area contributed by atoms with Crippen molar-refractivity contribution < 1.29 is 0 Å². The molecule has 0 radical (unpaired) electrons. The molecule has 0 heterocycles. The van der Waals surface area contributed by atoms with Crippen LogP contribution in [0, 0.1) is 5.41 Å². The van der Waals surface area contributed by atoms with E-state index in [1.54, 1.807) is 0 Å². The maximum absolute atomic E-state index is 2.39. The monoisotopic (exact) mass is 212 g/mol. The summed E-state index contributed by atoms with van der Waals surface area (Å²) in [5.41, 5.74) is 3.24. The summed E-state index contributed by atoms with van der Waals surface area (Å²) in [6.07, 6.45) is 10.5. The van der Waals surface area contributed by atoms with Crippen LogP contribution in [0.15, 0.2) is 48.6 Å². The molecule has 84 valence electrons. The summed E-state index contributed by atoms with van der Waals surface area (Å²) in [5, 5.41) is 0. The first-order valence-electron chi connectivity index (χ1n) is 6.23. The van der Waals surface area contributed by atoms with Crippen molar-refractivity contribution in [2.75, 3.05) is 0 Å². The Labute approximate surface area is 98.7 Å². The minimum atomic E-state index is 0.389. The molecule has 0 nitrogen and oxygen atoms in total. The molecule has 0 aliphatic heterocycles. The van der Waals surface area contributed by atoms with Gasteiger partial charge in [0.1, 0.15) is 0 Å². The molecule has 0 unspecified atom stereocenters. The van der Waals surface area contributed by atoms with Gasteiger partial charge >= 0.3 is 0 Å². The fourth-order valence-corrected chi connectivity index (χ4v) is 2.45. The van der Waals surface area contributed by atoms with E-state index in [0.717, 1.165) is 0 Å². The summed E-state index contributed by atoms with van der Waals surface area (Å²) in [6.45, 7) is 4.59. The minimum absolute atomic E-state index is 0.389. The Kier molecular flexibility index (Phi) is 3.28. The quantitative estimate of drug-likeness (QED) is 0.672. The zero-order valence-corrected chi connectivity index (χ0v) is 10.2. The summed E-state index contributed by atoms with van der Waals surface area (Å²) in [6, 6.07) is 10.7. The number of allylic oxidation sites excluding steroid dienone is 4. The Hall–Kier alpha value is -1.30. The molecular formula is C16H20. The largest absolute Gasteiger partial charge is 0.0780 e. The molecule has 16 heavy (non-hydrogen) atoms. The van der Waals surface area contributed by atoms with Crippen LogP contribution in [0.5, 0.6) is 0 Å². The fourth-order valence-electron chi connectivity index (χ4n) is 2.45. The van der Waals surface area contributed by atoms with Crippen LogP contribution in [0.4, 0.5) is 0 Å². The second kappa shape index (κ2) is 4.69. The second-order valence-corrected chi connectivity index (χ2v) is 4.66. The Morgan fingerprint density at radius 1 is 1.06 bits per heavy atom. The van der Waals surface area contributed by atoms with E-state index in [0.29, 0.717) is 5.41 Å². The van der Waals surface area contributed by atoms with Crippen molar-refractivity contribution in [1.82, 2.24) is 0 Å². The maximum Gasteiger partial charge on any atom is -0.00798 e. The molecule has 1 aliphatic carbocycles. The van der Waals surface area contributed by atoms with Gasteiger partial charge in [0.2, 0.25) is 0 Å². The third-order valence-corrected chi connectivity index (χ3v) is 3.84. The van der Waals surface area contributed by atoms with Crippen molar-refractivity contribution >= 4 is 5.57 Å². The van der Waals surface area contributed by atoms with Gasteiger partial charge in [-0.1, -0.05) is 62.4 Å². The standard InChI is InChI=1S/C16H20/c1-3-16(4-2)12-8-11-15(13-16)14-9-6-5-7-10-14/h5-12H,3-4,13H2,1-2H3. The average Bonchev–Trinajstić information content (AvgIpc) is 2.40. The van der Waals surface area contributed by atoms with E-state index in [1.807, 2.05) is 0 Å². The zero-order valence-electron chi connectivity index (χ0n) is 10.2. The predicted octanol–water partition coefficient (Wildman–Crippen LogP) is 4.84. The van der Waals surface area contributed by atoms with Crippen molar-refractivity contribution in [2.24, 2.45) is 5.41 Å². The number of hydrogen-bond acceptors (Lipinski definition) is 0. The van der Waals surface area contributed by atoms with Gasteiger partial charge in [-0.3, -0.25) is 0 Å². The molecule has 0 fully saturated rings. The third-order valence-electron chi connectivity index (χ3n) is 3.84. The molecule has 1 aromatic carbocycles. The predicted molar refractivity (Wildman–Crippen MR) is 71.2 cm³/mol. The highest BCUT2D eigenvalue weighted by Crippen LogP contribution is 2.41. The molecule has 0 N–H and O–H groups in total. The van der Waals surface area contributed by atoms with Gasteiger partial charge in [0.15, 0.2) is 0 Å². The summed E-state index contributed by atoms with van der Waals surface area (Å²) >= 11 is 0. The molecular weight excluding hydrogens is 192 g/mol. The highest BCUT2D eigenvalue weighted by Gasteiger charge is 2.26. The van der Waals surface area contributed by atoms with Crippen molar-refractivity contribution in [3.63, 3.8) is 0 Å². The molecule has 2 rings (SSSR count). The molecule has 0 spiro atoms. The first kappa shape index (κ1) is 11.2. The number of rotatable bonds is 3. The normalized spacial score (nSPS) is 18.2. The van der Waals surface area contributed by atoms with Gasteiger partial charge in [-0.15, -0.1) is 0 Å². The van der Waals surface area contributed by atoms with Crippen LogP contribution in [0.3, 0.4) is 0 Å². The Balaban J connectivity index is 2.26. The lowest BCUT2D eigenvalue weighted by molar-refractivity contribution is 0.360. The van der Waals surface area contributed by atoms with Gasteiger partial charge in [0.05, 0.1) is 0 Å². The van der Waals surface area contributed by atoms with Gasteiger partial charge in [-0.05, 0) is 35.8 Å². The van der Waals surface area contributed by atoms with E-state index in [-0.39, 0.29) is 0 Å². The van der Waals surface area contributed by atoms with Crippen LogP contribution in [0.1, 0.15) is 38.7 Å². The molecule has 0 saturated heterocycles. The summed E-state index contributed by atoms with van der Waals surface area (Å²) < 4.78 is 0. The number of hydrogen-bond donors (Lipinski definition) is 0. The molecule has 0 heteroatoms. The van der Waals surface area contributed by atoms with Crippen molar-refractivity contribution in [1.29, 1.82) is 0 Å². The molecule has 1 aromatic rings. The summed E-state index contributed by atoms with van der Waals surface area (Å²) in [4.78, 5) is 0. The van der Waals surface area contributed by atoms with E-state index in [1.165, 1.54) is 30.4 Å². The van der Waals surface area contributed by atoms with Crippen LogP contribution >= 0.6 is 0 Å². The SMILES string of the molecule is CCC1(CC)C=CC=C(c2ccccc2)C1. The zero-order chi connectivity index (χ0) is 11.4. The molecule has 0 atom stereocenters. The Morgan fingerprint density at radius 2 is 1.75 bits per heavy atom. The van der Waals surface area contributed by atoms with E-state index < -0.39 is 0 Å². The molecule has 0 saturated carbocycles. The van der Waals surface area contributed by atoms with Gasteiger partial charge in [-0.2, -0.15) is 0 Å². The van der Waals surface area contributed by atoms with Crippen molar-refractivity contribution in [2.45, 2.75) is 33.1 Å². The highest BCUT2D eigenvalue weighted by atomic mass is 14.3. The lowest BCUT2D eigenvalue weighted by Gasteiger charge is -2.31. The minimum Gasteiger partial charge on any atom is -0.0780 e. The van der Waals surface area contributed by atoms with Crippen LogP contribution in [0.25, 0.3) is 5.57 Å². The highest BCUT2D eigenvalue weighted by molar-refractivity contribution is 5.69. The fraction of sp³-hybridized carbons (Fsp3) is 0.375. The van der Waals surface area contributed by atoms with Crippen molar-refractivity contribution in [3.8, 4) is 0 Å². The molecule has 0 aromatic heterocycles. The van der Waals surface area contributed by atoms with Crippen LogP contribution in [0.2, 0.25) is 0 Å². The first-order chi connectivity index (χ1) is 7.79. The lowest BCUT2D eigenvalue weighted by Crippen LogP contribution is -2.18. The third kappa shape index (κ3) is 2.11. The topological polar surface area (TPSA) is 0 Å². The summed E-state index contributed by atoms with van der Waals surface area (Å²) in [5.74, 6) is 0. The van der Waals surface area contributed by atoms with Crippen LogP contribution in [-0.2, 0) is 0 Å². The van der Waals surface area contributed by atoms with E-state index in [9.17, 15) is 0 Å². The van der Waals surface area contributed by atoms with Crippen molar-refractivity contribution in [3.05, 3.63) is 54.1 Å². The summed E-state index contributed by atoms with van der Waals surface area (Å²) in [7, 11) is 0. The second-order valence-electron chi connectivity index (χ2n) is 4.66. The Bertz CT molecular complexity index is 391. The smallest absolute Gasteiger partial charge is 0.00798 e.